The van der Waals surface area contributed by atoms with Gasteiger partial charge in [-0.15, -0.1) is 11.3 Å². The molecular formula is C15H25N5S. The van der Waals surface area contributed by atoms with Gasteiger partial charge in [0.25, 0.3) is 0 Å². The van der Waals surface area contributed by atoms with Crippen LogP contribution in [0, 0.1) is 0 Å². The first kappa shape index (κ1) is 14.8. The molecular weight excluding hydrogens is 282 g/mol. The Labute approximate surface area is 130 Å². The zero-order chi connectivity index (χ0) is 15.0. The monoisotopic (exact) mass is 307 g/mol. The molecule has 0 aliphatic carbocycles. The van der Waals surface area contributed by atoms with Crippen molar-refractivity contribution in [2.24, 2.45) is 5.73 Å². The maximum Gasteiger partial charge on any atom is 0.195 e. The van der Waals surface area contributed by atoms with E-state index in [1.165, 1.54) is 12.1 Å². The summed E-state index contributed by atoms with van der Waals surface area (Å²) >= 11 is 1.70. The molecule has 2 aromatic rings. The van der Waals surface area contributed by atoms with Crippen molar-refractivity contribution in [2.45, 2.75) is 38.3 Å². The lowest BCUT2D eigenvalue weighted by Crippen LogP contribution is -2.32. The van der Waals surface area contributed by atoms with Crippen LogP contribution in [0.4, 0.5) is 5.82 Å². The largest absolute Gasteiger partial charge is 0.353 e. The van der Waals surface area contributed by atoms with Gasteiger partial charge in [-0.3, -0.25) is 4.40 Å². The van der Waals surface area contributed by atoms with Gasteiger partial charge in [0, 0.05) is 43.2 Å². The lowest BCUT2D eigenvalue weighted by atomic mass is 10.1. The molecule has 0 radical (unpaired) electrons. The number of likely N-dealkylation sites (N-methyl/N-ethyl adjacent to an activating group) is 1. The number of rotatable bonds is 5. The van der Waals surface area contributed by atoms with E-state index < -0.39 is 0 Å². The van der Waals surface area contributed by atoms with E-state index in [2.05, 4.69) is 46.8 Å². The molecule has 0 spiro atoms. The molecule has 0 amide bonds. The van der Waals surface area contributed by atoms with Crippen LogP contribution in [0.5, 0.6) is 0 Å². The summed E-state index contributed by atoms with van der Waals surface area (Å²) in [5.41, 5.74) is 7.48. The average molecular weight is 307 g/mol. The molecule has 21 heavy (non-hydrogen) atoms. The van der Waals surface area contributed by atoms with Gasteiger partial charge in [0.05, 0.1) is 5.69 Å². The Bertz CT molecular complexity index is 602. The molecule has 5 nitrogen and oxygen atoms in total. The first-order chi connectivity index (χ1) is 10.1. The highest BCUT2D eigenvalue weighted by molar-refractivity contribution is 7.15. The third kappa shape index (κ3) is 2.80. The lowest BCUT2D eigenvalue weighted by Gasteiger charge is -2.21. The zero-order valence-electron chi connectivity index (χ0n) is 13.1. The Morgan fingerprint density at radius 1 is 1.52 bits per heavy atom. The van der Waals surface area contributed by atoms with Crippen molar-refractivity contribution in [3.63, 3.8) is 0 Å². The number of fused-ring (bicyclic) bond motifs is 1. The van der Waals surface area contributed by atoms with Gasteiger partial charge in [-0.1, -0.05) is 6.92 Å². The molecule has 2 N–H and O–H groups in total. The van der Waals surface area contributed by atoms with E-state index >= 15 is 0 Å². The molecule has 3 rings (SSSR count). The first-order valence-electron chi connectivity index (χ1n) is 7.71. The van der Waals surface area contributed by atoms with Crippen molar-refractivity contribution in [1.82, 2.24) is 14.3 Å². The van der Waals surface area contributed by atoms with E-state index in [9.17, 15) is 0 Å². The van der Waals surface area contributed by atoms with Crippen LogP contribution < -0.4 is 10.6 Å². The Balaban J connectivity index is 1.91. The van der Waals surface area contributed by atoms with E-state index in [0.717, 1.165) is 36.7 Å². The van der Waals surface area contributed by atoms with Crippen LogP contribution in [0.1, 0.15) is 25.5 Å². The SMILES string of the molecule is CCC(N)Cc1c(N2CCC(N(C)C)C2)nc2sccn12. The predicted molar refractivity (Wildman–Crippen MR) is 89.3 cm³/mol. The number of hydrogen-bond donors (Lipinski definition) is 1. The summed E-state index contributed by atoms with van der Waals surface area (Å²) in [6, 6.07) is 0.827. The number of thiazole rings is 1. The summed E-state index contributed by atoms with van der Waals surface area (Å²) in [6.45, 7) is 4.29. The van der Waals surface area contributed by atoms with Gasteiger partial charge in [0.15, 0.2) is 10.8 Å². The van der Waals surface area contributed by atoms with E-state index in [1.54, 1.807) is 11.3 Å². The first-order valence-corrected chi connectivity index (χ1v) is 8.59. The van der Waals surface area contributed by atoms with Crippen LogP contribution in [-0.2, 0) is 6.42 Å². The molecule has 1 aliphatic rings. The highest BCUT2D eigenvalue weighted by atomic mass is 32.1. The Hall–Kier alpha value is -1.11. The normalized spacial score (nSPS) is 20.8. The second kappa shape index (κ2) is 5.94. The summed E-state index contributed by atoms with van der Waals surface area (Å²) in [7, 11) is 4.32. The van der Waals surface area contributed by atoms with Crippen molar-refractivity contribution in [3.05, 3.63) is 17.3 Å². The van der Waals surface area contributed by atoms with E-state index in [0.29, 0.717) is 6.04 Å². The summed E-state index contributed by atoms with van der Waals surface area (Å²) < 4.78 is 2.22. The van der Waals surface area contributed by atoms with Gasteiger partial charge in [-0.05, 0) is 26.9 Å². The minimum absolute atomic E-state index is 0.204. The second-order valence-electron chi connectivity index (χ2n) is 6.16. The van der Waals surface area contributed by atoms with Crippen LogP contribution in [0.3, 0.4) is 0 Å². The molecule has 1 fully saturated rings. The molecule has 2 atom stereocenters. The van der Waals surface area contributed by atoms with Crippen LogP contribution in [0.25, 0.3) is 4.96 Å². The minimum Gasteiger partial charge on any atom is -0.353 e. The van der Waals surface area contributed by atoms with Crippen LogP contribution in [0.2, 0.25) is 0 Å². The molecule has 116 valence electrons. The molecule has 1 saturated heterocycles. The molecule has 6 heteroatoms. The third-order valence-corrected chi connectivity index (χ3v) is 5.27. The topological polar surface area (TPSA) is 49.8 Å². The number of anilines is 1. The molecule has 3 heterocycles. The quantitative estimate of drug-likeness (QED) is 0.915. The number of hydrogen-bond acceptors (Lipinski definition) is 5. The van der Waals surface area contributed by atoms with Crippen molar-refractivity contribution in [2.75, 3.05) is 32.1 Å². The number of aromatic nitrogens is 2. The second-order valence-corrected chi connectivity index (χ2v) is 7.04. The smallest absolute Gasteiger partial charge is 0.195 e. The molecule has 0 saturated carbocycles. The maximum atomic E-state index is 6.20. The highest BCUT2D eigenvalue weighted by Crippen LogP contribution is 2.29. The fourth-order valence-corrected chi connectivity index (χ4v) is 3.74. The Kier molecular flexibility index (Phi) is 4.19. The van der Waals surface area contributed by atoms with Crippen molar-refractivity contribution >= 4 is 22.1 Å². The van der Waals surface area contributed by atoms with Gasteiger partial charge in [-0.25, -0.2) is 4.98 Å². The van der Waals surface area contributed by atoms with Crippen molar-refractivity contribution in [3.8, 4) is 0 Å². The Morgan fingerprint density at radius 3 is 3.00 bits per heavy atom. The fraction of sp³-hybridized carbons (Fsp3) is 0.667. The van der Waals surface area contributed by atoms with E-state index in [4.69, 9.17) is 10.7 Å². The van der Waals surface area contributed by atoms with E-state index in [1.807, 2.05) is 0 Å². The zero-order valence-corrected chi connectivity index (χ0v) is 13.9. The Morgan fingerprint density at radius 2 is 2.33 bits per heavy atom. The summed E-state index contributed by atoms with van der Waals surface area (Å²) in [5.74, 6) is 1.15. The number of nitrogens with zero attached hydrogens (tertiary/aromatic N) is 4. The number of nitrogens with two attached hydrogens (primary N) is 1. The van der Waals surface area contributed by atoms with Crippen molar-refractivity contribution in [1.29, 1.82) is 0 Å². The molecule has 1 aliphatic heterocycles. The van der Waals surface area contributed by atoms with Crippen LogP contribution in [0.15, 0.2) is 11.6 Å². The molecule has 0 aromatic carbocycles. The van der Waals surface area contributed by atoms with Crippen LogP contribution in [-0.4, -0.2) is 53.6 Å². The minimum atomic E-state index is 0.204. The van der Waals surface area contributed by atoms with Gasteiger partial charge in [-0.2, -0.15) is 0 Å². The van der Waals surface area contributed by atoms with Gasteiger partial charge in [0.1, 0.15) is 0 Å². The molecule has 0 bridgehead atoms. The maximum absolute atomic E-state index is 6.20. The van der Waals surface area contributed by atoms with Crippen molar-refractivity contribution < 1.29 is 0 Å². The van der Waals surface area contributed by atoms with Gasteiger partial charge < -0.3 is 15.5 Å². The van der Waals surface area contributed by atoms with Crippen LogP contribution >= 0.6 is 11.3 Å². The summed E-state index contributed by atoms with van der Waals surface area (Å²) in [4.78, 5) is 10.7. The summed E-state index contributed by atoms with van der Waals surface area (Å²) in [6.07, 6.45) is 5.22. The average Bonchev–Trinajstić information content (AvgIpc) is 3.14. The molecule has 2 aromatic heterocycles. The summed E-state index contributed by atoms with van der Waals surface area (Å²) in [5, 5.41) is 2.10. The third-order valence-electron chi connectivity index (χ3n) is 4.51. The number of imidazole rings is 1. The molecule has 2 unspecified atom stereocenters. The highest BCUT2D eigenvalue weighted by Gasteiger charge is 2.28. The van der Waals surface area contributed by atoms with E-state index in [-0.39, 0.29) is 6.04 Å². The van der Waals surface area contributed by atoms with Gasteiger partial charge >= 0.3 is 0 Å². The van der Waals surface area contributed by atoms with Gasteiger partial charge in [0.2, 0.25) is 0 Å². The lowest BCUT2D eigenvalue weighted by molar-refractivity contribution is 0.315. The fourth-order valence-electron chi connectivity index (χ4n) is 3.01. The predicted octanol–water partition coefficient (Wildman–Crippen LogP) is 1.82. The standard InChI is InChI=1S/C15H25N5S/c1-4-11(16)9-13-14(17-15-20(13)7-8-21-15)19-6-5-12(10-19)18(2)3/h7-8,11-12H,4-6,9-10,16H2,1-3H3.